The first-order chi connectivity index (χ1) is 9.33. The van der Waals surface area contributed by atoms with Gasteiger partial charge in [0.25, 0.3) is 0 Å². The van der Waals surface area contributed by atoms with Crippen LogP contribution in [0.25, 0.3) is 0 Å². The summed E-state index contributed by atoms with van der Waals surface area (Å²) in [6, 6.07) is 0. The minimum atomic E-state index is -0.00110. The van der Waals surface area contributed by atoms with Gasteiger partial charge >= 0.3 is 0 Å². The SMILES string of the molecule is CCOCC1COC(C2CCC(C=CCl)CC2)OC1. The average Bonchev–Trinajstić information content (AvgIpc) is 2.47. The van der Waals surface area contributed by atoms with Gasteiger partial charge in [0.2, 0.25) is 0 Å². The molecule has 1 aliphatic carbocycles. The van der Waals surface area contributed by atoms with Crippen molar-refractivity contribution >= 4 is 11.6 Å². The maximum atomic E-state index is 5.88. The van der Waals surface area contributed by atoms with E-state index in [4.69, 9.17) is 25.8 Å². The van der Waals surface area contributed by atoms with E-state index in [0.29, 0.717) is 17.8 Å². The zero-order valence-electron chi connectivity index (χ0n) is 11.7. The van der Waals surface area contributed by atoms with Gasteiger partial charge in [-0.05, 0) is 38.5 Å². The molecule has 3 nitrogen and oxygen atoms in total. The lowest BCUT2D eigenvalue weighted by molar-refractivity contribution is -0.234. The van der Waals surface area contributed by atoms with Crippen molar-refractivity contribution in [2.24, 2.45) is 17.8 Å². The van der Waals surface area contributed by atoms with Crippen molar-refractivity contribution < 1.29 is 14.2 Å². The minimum Gasteiger partial charge on any atom is -0.381 e. The van der Waals surface area contributed by atoms with Crippen molar-refractivity contribution in [3.05, 3.63) is 11.6 Å². The molecule has 0 aromatic carbocycles. The Balaban J connectivity index is 1.68. The normalized spacial score (nSPS) is 36.7. The fraction of sp³-hybridized carbons (Fsp3) is 0.867. The summed E-state index contributed by atoms with van der Waals surface area (Å²) >= 11 is 5.64. The zero-order valence-corrected chi connectivity index (χ0v) is 12.5. The molecule has 0 N–H and O–H groups in total. The molecule has 2 aliphatic rings. The van der Waals surface area contributed by atoms with E-state index in [1.807, 2.05) is 6.92 Å². The Morgan fingerprint density at radius 3 is 2.42 bits per heavy atom. The third-order valence-electron chi connectivity index (χ3n) is 4.10. The number of halogens is 1. The number of allylic oxidation sites excluding steroid dienone is 1. The first kappa shape index (κ1) is 15.3. The Morgan fingerprint density at radius 1 is 1.16 bits per heavy atom. The van der Waals surface area contributed by atoms with Crippen LogP contribution in [0.1, 0.15) is 32.6 Å². The van der Waals surface area contributed by atoms with E-state index in [0.717, 1.165) is 26.4 Å². The van der Waals surface area contributed by atoms with Gasteiger partial charge in [0.15, 0.2) is 6.29 Å². The predicted molar refractivity (Wildman–Crippen MR) is 76.1 cm³/mol. The van der Waals surface area contributed by atoms with Crippen LogP contribution in [0.15, 0.2) is 11.6 Å². The Kier molecular flexibility index (Phi) is 6.65. The quantitative estimate of drug-likeness (QED) is 0.774. The summed E-state index contributed by atoms with van der Waals surface area (Å²) < 4.78 is 17.2. The molecular weight excluding hydrogens is 264 g/mol. The highest BCUT2D eigenvalue weighted by Crippen LogP contribution is 2.34. The number of hydrogen-bond donors (Lipinski definition) is 0. The molecule has 110 valence electrons. The zero-order chi connectivity index (χ0) is 13.5. The smallest absolute Gasteiger partial charge is 0.160 e. The van der Waals surface area contributed by atoms with Crippen LogP contribution in [-0.4, -0.2) is 32.7 Å². The molecule has 2 fully saturated rings. The molecule has 0 atom stereocenters. The largest absolute Gasteiger partial charge is 0.381 e. The van der Waals surface area contributed by atoms with E-state index in [-0.39, 0.29) is 6.29 Å². The summed E-state index contributed by atoms with van der Waals surface area (Å²) in [5, 5.41) is 0. The second kappa shape index (κ2) is 8.25. The molecule has 4 heteroatoms. The molecule has 0 radical (unpaired) electrons. The van der Waals surface area contributed by atoms with Crippen molar-refractivity contribution in [1.29, 1.82) is 0 Å². The van der Waals surface area contributed by atoms with Gasteiger partial charge in [0.05, 0.1) is 19.8 Å². The lowest BCUT2D eigenvalue weighted by Crippen LogP contribution is -2.39. The third kappa shape index (κ3) is 4.75. The Labute approximate surface area is 121 Å². The molecule has 0 aromatic rings. The summed E-state index contributed by atoms with van der Waals surface area (Å²) in [5.41, 5.74) is 1.65. The highest BCUT2D eigenvalue weighted by molar-refractivity contribution is 6.25. The molecule has 0 bridgehead atoms. The molecule has 0 spiro atoms. The van der Waals surface area contributed by atoms with Gasteiger partial charge in [-0.2, -0.15) is 0 Å². The monoisotopic (exact) mass is 288 g/mol. The summed E-state index contributed by atoms with van der Waals surface area (Å²) in [6.45, 7) is 5.06. The second-order valence-electron chi connectivity index (χ2n) is 5.55. The van der Waals surface area contributed by atoms with Crippen LogP contribution in [0.2, 0.25) is 0 Å². The van der Waals surface area contributed by atoms with Crippen LogP contribution in [0.3, 0.4) is 0 Å². The van der Waals surface area contributed by atoms with E-state index in [1.165, 1.54) is 25.7 Å². The van der Waals surface area contributed by atoms with Gasteiger partial charge in [0, 0.05) is 24.0 Å². The van der Waals surface area contributed by atoms with Gasteiger partial charge < -0.3 is 14.2 Å². The van der Waals surface area contributed by atoms with E-state index in [2.05, 4.69) is 6.08 Å². The Hall–Kier alpha value is -0.0900. The van der Waals surface area contributed by atoms with Gasteiger partial charge in [-0.3, -0.25) is 0 Å². The summed E-state index contributed by atoms with van der Waals surface area (Å²) in [5.74, 6) is 1.59. The second-order valence-corrected chi connectivity index (χ2v) is 5.81. The highest BCUT2D eigenvalue weighted by atomic mass is 35.5. The van der Waals surface area contributed by atoms with Gasteiger partial charge in [-0.25, -0.2) is 0 Å². The molecule has 1 heterocycles. The Morgan fingerprint density at radius 2 is 1.84 bits per heavy atom. The molecule has 0 amide bonds. The predicted octanol–water partition coefficient (Wildman–Crippen LogP) is 3.57. The summed E-state index contributed by atoms with van der Waals surface area (Å²) in [4.78, 5) is 0. The van der Waals surface area contributed by atoms with E-state index in [1.54, 1.807) is 5.54 Å². The van der Waals surface area contributed by atoms with Gasteiger partial charge in [0.1, 0.15) is 0 Å². The fourth-order valence-electron chi connectivity index (χ4n) is 2.92. The van der Waals surface area contributed by atoms with Crippen LogP contribution >= 0.6 is 11.6 Å². The van der Waals surface area contributed by atoms with Crippen molar-refractivity contribution in [3.8, 4) is 0 Å². The lowest BCUT2D eigenvalue weighted by Gasteiger charge is -2.37. The fourth-order valence-corrected chi connectivity index (χ4v) is 3.13. The topological polar surface area (TPSA) is 27.7 Å². The molecule has 1 saturated heterocycles. The molecular formula is C15H25ClO3. The maximum absolute atomic E-state index is 5.88. The Bertz CT molecular complexity index is 267. The van der Waals surface area contributed by atoms with Crippen LogP contribution in [0.4, 0.5) is 0 Å². The first-order valence-electron chi connectivity index (χ1n) is 7.41. The van der Waals surface area contributed by atoms with Crippen molar-refractivity contribution in [2.45, 2.75) is 38.9 Å². The van der Waals surface area contributed by atoms with Crippen molar-refractivity contribution in [2.75, 3.05) is 26.4 Å². The molecule has 19 heavy (non-hydrogen) atoms. The van der Waals surface area contributed by atoms with E-state index < -0.39 is 0 Å². The number of rotatable bonds is 5. The molecule has 2 rings (SSSR count). The summed E-state index contributed by atoms with van der Waals surface area (Å²) in [7, 11) is 0. The van der Waals surface area contributed by atoms with Gasteiger partial charge in [-0.1, -0.05) is 17.7 Å². The van der Waals surface area contributed by atoms with Crippen LogP contribution < -0.4 is 0 Å². The van der Waals surface area contributed by atoms with Crippen molar-refractivity contribution in [3.63, 3.8) is 0 Å². The standard InChI is InChI=1S/C15H25ClO3/c1-2-17-9-13-10-18-15(19-11-13)14-5-3-12(4-6-14)7-8-16/h7-8,12-15H,2-6,9-11H2,1H3. The van der Waals surface area contributed by atoms with Crippen molar-refractivity contribution in [1.82, 2.24) is 0 Å². The van der Waals surface area contributed by atoms with E-state index in [9.17, 15) is 0 Å². The number of ether oxygens (including phenoxy) is 3. The van der Waals surface area contributed by atoms with Gasteiger partial charge in [-0.15, -0.1) is 0 Å². The van der Waals surface area contributed by atoms with Crippen LogP contribution in [-0.2, 0) is 14.2 Å². The summed E-state index contributed by atoms with van der Waals surface area (Å²) in [6.07, 6.45) is 6.84. The third-order valence-corrected chi connectivity index (χ3v) is 4.24. The first-order valence-corrected chi connectivity index (χ1v) is 7.85. The van der Waals surface area contributed by atoms with Crippen LogP contribution in [0, 0.1) is 17.8 Å². The van der Waals surface area contributed by atoms with Crippen LogP contribution in [0.5, 0.6) is 0 Å². The lowest BCUT2D eigenvalue weighted by atomic mass is 9.81. The molecule has 1 aliphatic heterocycles. The molecule has 0 unspecified atom stereocenters. The molecule has 1 saturated carbocycles. The number of hydrogen-bond acceptors (Lipinski definition) is 3. The maximum Gasteiger partial charge on any atom is 0.160 e. The highest BCUT2D eigenvalue weighted by Gasteiger charge is 2.31. The molecule has 0 aromatic heterocycles. The average molecular weight is 289 g/mol. The van der Waals surface area contributed by atoms with E-state index >= 15 is 0 Å². The minimum absolute atomic E-state index is 0.00110.